The Hall–Kier alpha value is -3.62. The summed E-state index contributed by atoms with van der Waals surface area (Å²) in [5, 5.41) is 16.9. The molecule has 3 rings (SSSR count). The minimum absolute atomic E-state index is 0.0138. The number of aryl methyl sites for hydroxylation is 1. The highest BCUT2D eigenvalue weighted by Crippen LogP contribution is 2.35. The van der Waals surface area contributed by atoms with Gasteiger partial charge in [0.2, 0.25) is 0 Å². The second-order valence-corrected chi connectivity index (χ2v) is 8.54. The minimum Gasteiger partial charge on any atom is -0.496 e. The number of hydrogen-bond donors (Lipinski definition) is 2. The van der Waals surface area contributed by atoms with Crippen molar-refractivity contribution >= 4 is 41.0 Å². The fourth-order valence-electron chi connectivity index (χ4n) is 3.01. The van der Waals surface area contributed by atoms with Gasteiger partial charge in [-0.15, -0.1) is 11.8 Å². The number of methoxy groups -OCH3 is 1. The van der Waals surface area contributed by atoms with Crippen LogP contribution in [-0.4, -0.2) is 23.4 Å². The van der Waals surface area contributed by atoms with E-state index in [1.54, 1.807) is 24.4 Å². The number of hydrogen-bond acceptors (Lipinski definition) is 6. The summed E-state index contributed by atoms with van der Waals surface area (Å²) in [7, 11) is 1.50. The zero-order chi connectivity index (χ0) is 25.4. The lowest BCUT2D eigenvalue weighted by atomic mass is 10.1. The molecule has 0 atom stereocenters. The number of thiocarbonyl (C=S) groups is 1. The number of nitrogens with zero attached hydrogens (tertiary/aromatic N) is 3. The number of anilines is 1. The third kappa shape index (κ3) is 7.18. The largest absolute Gasteiger partial charge is 0.496 e. The third-order valence-electron chi connectivity index (χ3n) is 4.67. The first-order valence-corrected chi connectivity index (χ1v) is 11.5. The molecule has 6 nitrogen and oxygen atoms in total. The highest BCUT2D eigenvalue weighted by Gasteiger charge is 2.34. The van der Waals surface area contributed by atoms with Gasteiger partial charge >= 0.3 is 6.18 Å². The molecule has 0 aliphatic rings. The Labute approximate surface area is 210 Å². The number of hydrazone groups is 1. The predicted octanol–water partition coefficient (Wildman–Crippen LogP) is 5.90. The van der Waals surface area contributed by atoms with Crippen molar-refractivity contribution in [2.75, 3.05) is 12.4 Å². The number of benzene rings is 2. The Balaban J connectivity index is 1.74. The number of nitriles is 1. The van der Waals surface area contributed by atoms with Crippen LogP contribution in [0.3, 0.4) is 0 Å². The van der Waals surface area contributed by atoms with Crippen LogP contribution in [0.15, 0.2) is 64.7 Å². The van der Waals surface area contributed by atoms with E-state index in [0.717, 1.165) is 23.5 Å². The normalized spacial score (nSPS) is 11.2. The number of halogens is 3. The average molecular weight is 516 g/mol. The maximum atomic E-state index is 13.2. The first-order chi connectivity index (χ1) is 16.7. The molecule has 180 valence electrons. The van der Waals surface area contributed by atoms with E-state index in [1.807, 2.05) is 36.4 Å². The molecule has 0 aliphatic heterocycles. The van der Waals surface area contributed by atoms with Gasteiger partial charge in [0.15, 0.2) is 5.11 Å². The molecule has 0 fully saturated rings. The van der Waals surface area contributed by atoms with Crippen molar-refractivity contribution in [2.24, 2.45) is 5.10 Å². The van der Waals surface area contributed by atoms with Crippen LogP contribution >= 0.6 is 24.0 Å². The molecule has 3 aromatic rings. The van der Waals surface area contributed by atoms with E-state index in [2.05, 4.69) is 20.8 Å². The van der Waals surface area contributed by atoms with E-state index in [9.17, 15) is 18.4 Å². The summed E-state index contributed by atoms with van der Waals surface area (Å²) in [6.45, 7) is 1.46. The van der Waals surface area contributed by atoms with Crippen LogP contribution in [-0.2, 0) is 11.9 Å². The van der Waals surface area contributed by atoms with Gasteiger partial charge in [0.25, 0.3) is 0 Å². The summed E-state index contributed by atoms with van der Waals surface area (Å²) in [5.41, 5.74) is 4.26. The SMILES string of the molecule is COc1ccc(/C=N\NC(=S)Nc2ccccc2)cc1CSc1nc(C(F)(F)F)cc(C)c1C#N. The maximum Gasteiger partial charge on any atom is 0.433 e. The van der Waals surface area contributed by atoms with Crippen LogP contribution in [0.1, 0.15) is 27.9 Å². The smallest absolute Gasteiger partial charge is 0.433 e. The fraction of sp³-hybridized carbons (Fsp3) is 0.167. The van der Waals surface area contributed by atoms with Crippen LogP contribution in [0.4, 0.5) is 18.9 Å². The quantitative estimate of drug-likeness (QED) is 0.175. The molecule has 0 amide bonds. The van der Waals surface area contributed by atoms with Gasteiger partial charge in [-0.1, -0.05) is 18.2 Å². The van der Waals surface area contributed by atoms with Gasteiger partial charge in [-0.2, -0.15) is 23.5 Å². The molecule has 35 heavy (non-hydrogen) atoms. The van der Waals surface area contributed by atoms with Gasteiger partial charge < -0.3 is 10.1 Å². The average Bonchev–Trinajstić information content (AvgIpc) is 2.82. The molecule has 0 unspecified atom stereocenters. The predicted molar refractivity (Wildman–Crippen MR) is 135 cm³/mol. The van der Waals surface area contributed by atoms with Crippen LogP contribution in [0, 0.1) is 18.3 Å². The van der Waals surface area contributed by atoms with Gasteiger partial charge in [-0.25, -0.2) is 4.98 Å². The number of nitrogens with one attached hydrogen (secondary N) is 2. The van der Waals surface area contributed by atoms with Crippen molar-refractivity contribution in [3.63, 3.8) is 0 Å². The molecule has 0 spiro atoms. The van der Waals surface area contributed by atoms with Gasteiger partial charge in [0.1, 0.15) is 22.5 Å². The molecule has 0 radical (unpaired) electrons. The Morgan fingerprint density at radius 3 is 2.63 bits per heavy atom. The van der Waals surface area contributed by atoms with E-state index in [4.69, 9.17) is 17.0 Å². The molecule has 2 aromatic carbocycles. The molecular formula is C24H20F3N5OS2. The van der Waals surface area contributed by atoms with E-state index in [-0.39, 0.29) is 21.9 Å². The molecule has 2 N–H and O–H groups in total. The number of alkyl halides is 3. The van der Waals surface area contributed by atoms with E-state index in [1.165, 1.54) is 14.0 Å². The Morgan fingerprint density at radius 1 is 1.23 bits per heavy atom. The molecule has 0 aliphatic carbocycles. The Bertz CT molecular complexity index is 1270. The topological polar surface area (TPSA) is 82.3 Å². The summed E-state index contributed by atoms with van der Waals surface area (Å²) >= 11 is 6.24. The molecule has 1 aromatic heterocycles. The van der Waals surface area contributed by atoms with Gasteiger partial charge in [-0.3, -0.25) is 5.43 Å². The van der Waals surface area contributed by atoms with Crippen molar-refractivity contribution in [1.29, 1.82) is 5.26 Å². The number of rotatable bonds is 7. The van der Waals surface area contributed by atoms with Crippen molar-refractivity contribution < 1.29 is 17.9 Å². The Morgan fingerprint density at radius 2 is 1.97 bits per heavy atom. The second kappa shape index (κ2) is 11.7. The lowest BCUT2D eigenvalue weighted by Gasteiger charge is -2.13. The summed E-state index contributed by atoms with van der Waals surface area (Å²) in [5.74, 6) is 0.778. The van der Waals surface area contributed by atoms with Gasteiger partial charge in [0.05, 0.1) is 18.9 Å². The summed E-state index contributed by atoms with van der Waals surface area (Å²) < 4.78 is 45.0. The zero-order valence-electron chi connectivity index (χ0n) is 18.7. The Kier molecular flexibility index (Phi) is 8.68. The van der Waals surface area contributed by atoms with E-state index in [0.29, 0.717) is 22.0 Å². The molecular weight excluding hydrogens is 495 g/mol. The second-order valence-electron chi connectivity index (χ2n) is 7.16. The van der Waals surface area contributed by atoms with Crippen molar-refractivity contribution in [3.8, 4) is 11.8 Å². The standard InChI is InChI=1S/C24H20F3N5OS2/c1-15-10-21(24(25,26)27)31-22(19(15)12-28)35-14-17-11-16(8-9-20(17)33-2)13-29-32-23(34)30-18-6-4-3-5-7-18/h3-11,13H,14H2,1-2H3,(H2,30,32,34)/b29-13-. The van der Waals surface area contributed by atoms with E-state index < -0.39 is 11.9 Å². The fourth-order valence-corrected chi connectivity index (χ4v) is 4.22. The van der Waals surface area contributed by atoms with Crippen LogP contribution in [0.25, 0.3) is 0 Å². The molecule has 0 saturated carbocycles. The minimum atomic E-state index is -4.61. The van der Waals surface area contributed by atoms with Crippen LogP contribution in [0.2, 0.25) is 0 Å². The number of ether oxygens (including phenoxy) is 1. The number of para-hydroxylation sites is 1. The van der Waals surface area contributed by atoms with E-state index >= 15 is 0 Å². The number of pyridine rings is 1. The van der Waals surface area contributed by atoms with Gasteiger partial charge in [0, 0.05) is 17.0 Å². The number of thioether (sulfide) groups is 1. The number of aromatic nitrogens is 1. The summed E-state index contributed by atoms with van der Waals surface area (Å²) in [6, 6.07) is 17.5. The maximum absolute atomic E-state index is 13.2. The molecule has 0 bridgehead atoms. The monoisotopic (exact) mass is 515 g/mol. The van der Waals surface area contributed by atoms with Crippen LogP contribution < -0.4 is 15.5 Å². The summed E-state index contributed by atoms with van der Waals surface area (Å²) in [6.07, 6.45) is -3.05. The molecule has 1 heterocycles. The highest BCUT2D eigenvalue weighted by atomic mass is 32.2. The van der Waals surface area contributed by atoms with Crippen molar-refractivity contribution in [3.05, 3.63) is 82.5 Å². The first kappa shape index (κ1) is 26.0. The molecule has 0 saturated heterocycles. The van der Waals surface area contributed by atoms with Crippen LogP contribution in [0.5, 0.6) is 5.75 Å². The lowest BCUT2D eigenvalue weighted by Crippen LogP contribution is -2.23. The van der Waals surface area contributed by atoms with Crippen molar-refractivity contribution in [1.82, 2.24) is 10.4 Å². The first-order valence-electron chi connectivity index (χ1n) is 10.1. The lowest BCUT2D eigenvalue weighted by molar-refractivity contribution is -0.141. The van der Waals surface area contributed by atoms with Gasteiger partial charge in [-0.05, 0) is 66.7 Å². The zero-order valence-corrected chi connectivity index (χ0v) is 20.3. The molecule has 11 heteroatoms. The van der Waals surface area contributed by atoms with Crippen molar-refractivity contribution in [2.45, 2.75) is 23.9 Å². The highest BCUT2D eigenvalue weighted by molar-refractivity contribution is 7.98. The third-order valence-corrected chi connectivity index (χ3v) is 5.88. The summed E-state index contributed by atoms with van der Waals surface area (Å²) in [4.78, 5) is 3.69.